The van der Waals surface area contributed by atoms with Gasteiger partial charge < -0.3 is 14.5 Å². The van der Waals surface area contributed by atoms with Crippen LogP contribution in [0, 0.1) is 11.8 Å². The summed E-state index contributed by atoms with van der Waals surface area (Å²) < 4.78 is 5.89. The van der Waals surface area contributed by atoms with E-state index in [4.69, 9.17) is 4.74 Å². The van der Waals surface area contributed by atoms with Gasteiger partial charge in [-0.3, -0.25) is 9.59 Å². The summed E-state index contributed by atoms with van der Waals surface area (Å²) in [4.78, 5) is 22.2. The van der Waals surface area contributed by atoms with Crippen molar-refractivity contribution < 1.29 is 18.8 Å². The molecule has 1 aromatic carbocycles. The van der Waals surface area contributed by atoms with E-state index in [9.17, 15) is 9.59 Å². The van der Waals surface area contributed by atoms with E-state index >= 15 is 0 Å². The van der Waals surface area contributed by atoms with Crippen molar-refractivity contribution in [3.05, 3.63) is 30.3 Å². The third-order valence-corrected chi connectivity index (χ3v) is 5.11. The third kappa shape index (κ3) is 15.7. The molecular formula is C24H45N2O3+. The summed E-state index contributed by atoms with van der Waals surface area (Å²) in [6.45, 7) is 17.0. The van der Waals surface area contributed by atoms with Crippen LogP contribution >= 0.6 is 0 Å². The van der Waals surface area contributed by atoms with Crippen LogP contribution < -0.4 is 5.32 Å². The zero-order valence-electron chi connectivity index (χ0n) is 20.2. The summed E-state index contributed by atoms with van der Waals surface area (Å²) in [5, 5.41) is 2.85. The standard InChI is InChI=1S/C11H15NO.C7H14O2.C6H16N/c1-3-9(2)11(13)12-10-7-5-4-6-8-10;1-4-6(3)7(8)9-5-2;1-5-7(3,4)6-2/h4-9H,3H2,1-2H3,(H,12,13);6H,4-5H2,1-3H3;5-6H2,1-4H3/q;;+1. The first-order chi connectivity index (χ1) is 13.6. The maximum absolute atomic E-state index is 11.4. The lowest BCUT2D eigenvalue weighted by molar-refractivity contribution is -0.886. The van der Waals surface area contributed by atoms with Crippen molar-refractivity contribution >= 4 is 17.6 Å². The van der Waals surface area contributed by atoms with E-state index in [1.165, 1.54) is 13.1 Å². The predicted molar refractivity (Wildman–Crippen MR) is 124 cm³/mol. The Bertz CT molecular complexity index is 538. The number of rotatable bonds is 8. The number of esters is 1. The lowest BCUT2D eigenvalue weighted by Gasteiger charge is -2.25. The summed E-state index contributed by atoms with van der Waals surface area (Å²) in [5.74, 6) is 0.152. The molecule has 1 aromatic rings. The average Bonchev–Trinajstić information content (AvgIpc) is 2.74. The number of hydrogen-bond acceptors (Lipinski definition) is 3. The van der Waals surface area contributed by atoms with Crippen molar-refractivity contribution in [2.75, 3.05) is 39.1 Å². The van der Waals surface area contributed by atoms with Crippen molar-refractivity contribution in [2.24, 2.45) is 11.8 Å². The van der Waals surface area contributed by atoms with Gasteiger partial charge in [0.2, 0.25) is 5.91 Å². The van der Waals surface area contributed by atoms with E-state index in [-0.39, 0.29) is 23.7 Å². The molecule has 0 fully saturated rings. The number of nitrogens with one attached hydrogen (secondary N) is 1. The highest BCUT2D eigenvalue weighted by molar-refractivity contribution is 5.92. The van der Waals surface area contributed by atoms with Gasteiger partial charge in [-0.25, -0.2) is 0 Å². The second-order valence-corrected chi connectivity index (χ2v) is 7.79. The second-order valence-electron chi connectivity index (χ2n) is 7.79. The highest BCUT2D eigenvalue weighted by atomic mass is 16.5. The van der Waals surface area contributed by atoms with Crippen LogP contribution in [0.2, 0.25) is 0 Å². The number of nitrogens with zero attached hydrogens (tertiary/aromatic N) is 1. The van der Waals surface area contributed by atoms with Gasteiger partial charge in [-0.2, -0.15) is 0 Å². The van der Waals surface area contributed by atoms with Crippen molar-refractivity contribution in [1.82, 2.24) is 0 Å². The number of ether oxygens (including phenoxy) is 1. The smallest absolute Gasteiger partial charge is 0.308 e. The van der Waals surface area contributed by atoms with Gasteiger partial charge in [0.1, 0.15) is 0 Å². The first-order valence-corrected chi connectivity index (χ1v) is 10.9. The second kappa shape index (κ2) is 17.0. The van der Waals surface area contributed by atoms with Gasteiger partial charge in [0, 0.05) is 11.6 Å². The molecule has 0 spiro atoms. The molecular weight excluding hydrogens is 364 g/mol. The van der Waals surface area contributed by atoms with Gasteiger partial charge in [0.15, 0.2) is 0 Å². The number of quaternary nitrogens is 1. The van der Waals surface area contributed by atoms with Crippen molar-refractivity contribution in [3.8, 4) is 0 Å². The van der Waals surface area contributed by atoms with Crippen LogP contribution in [0.4, 0.5) is 5.69 Å². The molecule has 1 amide bonds. The van der Waals surface area contributed by atoms with E-state index in [1.54, 1.807) is 0 Å². The summed E-state index contributed by atoms with van der Waals surface area (Å²) in [6, 6.07) is 9.53. The molecule has 0 heterocycles. The van der Waals surface area contributed by atoms with Crippen molar-refractivity contribution in [1.29, 1.82) is 0 Å². The Labute approximate surface area is 179 Å². The normalized spacial score (nSPS) is 12.3. The largest absolute Gasteiger partial charge is 0.466 e. The molecule has 1 N–H and O–H groups in total. The number of benzene rings is 1. The molecule has 0 saturated heterocycles. The molecule has 5 nitrogen and oxygen atoms in total. The average molecular weight is 410 g/mol. The Hall–Kier alpha value is -1.88. The quantitative estimate of drug-likeness (QED) is 0.464. The third-order valence-electron chi connectivity index (χ3n) is 5.11. The molecule has 0 radical (unpaired) electrons. The SMILES string of the molecule is CCC(C)C(=O)Nc1ccccc1.CCOC(=O)C(C)CC.CC[N+](C)(C)CC. The minimum absolute atomic E-state index is 0.0601. The summed E-state index contributed by atoms with van der Waals surface area (Å²) in [5.41, 5.74) is 0.868. The van der Waals surface area contributed by atoms with Gasteiger partial charge in [-0.05, 0) is 45.7 Å². The molecule has 0 aliphatic carbocycles. The number of carbonyl (C=O) groups is 2. The van der Waals surface area contributed by atoms with E-state index in [0.717, 1.165) is 23.0 Å². The van der Waals surface area contributed by atoms with Crippen LogP contribution in [-0.2, 0) is 14.3 Å². The van der Waals surface area contributed by atoms with E-state index < -0.39 is 0 Å². The highest BCUT2D eigenvalue weighted by Crippen LogP contribution is 2.09. The van der Waals surface area contributed by atoms with Crippen molar-refractivity contribution in [3.63, 3.8) is 0 Å². The highest BCUT2D eigenvalue weighted by Gasteiger charge is 2.10. The molecule has 2 unspecified atom stereocenters. The molecule has 2 atom stereocenters. The number of para-hydroxylation sites is 1. The maximum atomic E-state index is 11.4. The Morgan fingerprint density at radius 2 is 1.38 bits per heavy atom. The van der Waals surface area contributed by atoms with E-state index in [1.807, 2.05) is 65.0 Å². The minimum Gasteiger partial charge on any atom is -0.466 e. The first kappa shape index (κ1) is 29.3. The molecule has 0 aliphatic rings. The number of carbonyl (C=O) groups excluding carboxylic acids is 2. The number of hydrogen-bond donors (Lipinski definition) is 1. The van der Waals surface area contributed by atoms with Crippen LogP contribution in [0.15, 0.2) is 30.3 Å². The van der Waals surface area contributed by atoms with Gasteiger partial charge in [0.25, 0.3) is 0 Å². The molecule has 5 heteroatoms. The molecule has 0 saturated carbocycles. The van der Waals surface area contributed by atoms with Crippen molar-refractivity contribution in [2.45, 2.75) is 61.3 Å². The fourth-order valence-electron chi connectivity index (χ4n) is 1.65. The first-order valence-electron chi connectivity index (χ1n) is 10.9. The van der Waals surface area contributed by atoms with Crippen LogP contribution in [-0.4, -0.2) is 50.2 Å². The van der Waals surface area contributed by atoms with Gasteiger partial charge in [-0.1, -0.05) is 45.9 Å². The van der Waals surface area contributed by atoms with Crippen LogP contribution in [0.5, 0.6) is 0 Å². The minimum atomic E-state index is -0.0833. The van der Waals surface area contributed by atoms with Gasteiger partial charge in [0.05, 0.1) is 39.7 Å². The zero-order valence-corrected chi connectivity index (χ0v) is 20.2. The lowest BCUT2D eigenvalue weighted by Crippen LogP contribution is -2.38. The van der Waals surface area contributed by atoms with Gasteiger partial charge >= 0.3 is 5.97 Å². The van der Waals surface area contributed by atoms with E-state index in [0.29, 0.717) is 6.61 Å². The predicted octanol–water partition coefficient (Wildman–Crippen LogP) is 5.37. The summed E-state index contributed by atoms with van der Waals surface area (Å²) in [6.07, 6.45) is 1.73. The van der Waals surface area contributed by atoms with Crippen LogP contribution in [0.1, 0.15) is 61.3 Å². The van der Waals surface area contributed by atoms with Crippen LogP contribution in [0.25, 0.3) is 0 Å². The number of anilines is 1. The molecule has 29 heavy (non-hydrogen) atoms. The molecule has 0 aliphatic heterocycles. The molecule has 1 rings (SSSR count). The Morgan fingerprint density at radius 1 is 0.897 bits per heavy atom. The van der Waals surface area contributed by atoms with Gasteiger partial charge in [-0.15, -0.1) is 0 Å². The topological polar surface area (TPSA) is 55.4 Å². The molecule has 0 bridgehead atoms. The molecule has 168 valence electrons. The summed E-state index contributed by atoms with van der Waals surface area (Å²) >= 11 is 0. The Morgan fingerprint density at radius 3 is 1.72 bits per heavy atom. The maximum Gasteiger partial charge on any atom is 0.308 e. The van der Waals surface area contributed by atoms with Crippen LogP contribution in [0.3, 0.4) is 0 Å². The lowest BCUT2D eigenvalue weighted by atomic mass is 10.1. The fraction of sp³-hybridized carbons (Fsp3) is 0.667. The Balaban J connectivity index is 0. The summed E-state index contributed by atoms with van der Waals surface area (Å²) in [7, 11) is 4.47. The fourth-order valence-corrected chi connectivity index (χ4v) is 1.65. The number of amides is 1. The Kier molecular flexibility index (Phi) is 17.2. The monoisotopic (exact) mass is 409 g/mol. The van der Waals surface area contributed by atoms with E-state index in [2.05, 4.69) is 33.3 Å². The molecule has 0 aromatic heterocycles. The zero-order chi connectivity index (χ0) is 22.9.